The maximum absolute atomic E-state index is 11.5. The predicted octanol–water partition coefficient (Wildman–Crippen LogP) is 3.70. The van der Waals surface area contributed by atoms with Crippen molar-refractivity contribution >= 4 is 22.8 Å². The second-order valence-electron chi connectivity index (χ2n) is 8.62. The Hall–Kier alpha value is -2.99. The second-order valence-corrected chi connectivity index (χ2v) is 8.62. The van der Waals surface area contributed by atoms with Crippen molar-refractivity contribution < 1.29 is 4.79 Å². The number of hydrogen-bond acceptors (Lipinski definition) is 5. The predicted molar refractivity (Wildman–Crippen MR) is 119 cm³/mol. The van der Waals surface area contributed by atoms with Gasteiger partial charge >= 0.3 is 0 Å². The van der Waals surface area contributed by atoms with Gasteiger partial charge in [0.25, 0.3) is 0 Å². The molecule has 1 amide bonds. The standard InChI is InChI=1S/C23H29N5O/c1-15-6-7-17(21(24)29)11-19(15)16-8-9-20-18(10-16)12-25-22(27-20)26-13-23(2,3)14-28(4)5/h6-12H,13-14H2,1-5H3,(H2,24,29)(H,25,26,27). The van der Waals surface area contributed by atoms with Gasteiger partial charge in [0, 0.05) is 30.2 Å². The summed E-state index contributed by atoms with van der Waals surface area (Å²) in [4.78, 5) is 22.8. The zero-order valence-corrected chi connectivity index (χ0v) is 17.8. The Morgan fingerprint density at radius 3 is 2.62 bits per heavy atom. The third kappa shape index (κ3) is 5.09. The molecule has 3 rings (SSSR count). The Morgan fingerprint density at radius 1 is 1.17 bits per heavy atom. The highest BCUT2D eigenvalue weighted by atomic mass is 16.1. The van der Waals surface area contributed by atoms with Gasteiger partial charge in [0.2, 0.25) is 11.9 Å². The molecular formula is C23H29N5O. The van der Waals surface area contributed by atoms with Gasteiger partial charge in [0.15, 0.2) is 0 Å². The minimum Gasteiger partial charge on any atom is -0.366 e. The first-order valence-electron chi connectivity index (χ1n) is 9.71. The highest BCUT2D eigenvalue weighted by Gasteiger charge is 2.19. The molecule has 0 bridgehead atoms. The van der Waals surface area contributed by atoms with Gasteiger partial charge in [-0.15, -0.1) is 0 Å². The number of nitrogens with one attached hydrogen (secondary N) is 1. The molecule has 0 fully saturated rings. The smallest absolute Gasteiger partial charge is 0.248 e. The molecular weight excluding hydrogens is 362 g/mol. The molecule has 6 heteroatoms. The van der Waals surface area contributed by atoms with Gasteiger partial charge in [0.05, 0.1) is 5.52 Å². The average Bonchev–Trinajstić information content (AvgIpc) is 2.65. The molecule has 1 heterocycles. The molecule has 3 N–H and O–H groups in total. The Morgan fingerprint density at radius 2 is 1.93 bits per heavy atom. The van der Waals surface area contributed by atoms with Crippen LogP contribution in [0.2, 0.25) is 0 Å². The van der Waals surface area contributed by atoms with E-state index in [1.54, 1.807) is 6.07 Å². The normalized spacial score (nSPS) is 11.8. The van der Waals surface area contributed by atoms with E-state index in [-0.39, 0.29) is 5.41 Å². The monoisotopic (exact) mass is 391 g/mol. The van der Waals surface area contributed by atoms with E-state index in [1.165, 1.54) is 0 Å². The minimum atomic E-state index is -0.428. The summed E-state index contributed by atoms with van der Waals surface area (Å²) in [6.07, 6.45) is 1.83. The van der Waals surface area contributed by atoms with E-state index in [0.717, 1.165) is 40.7 Å². The summed E-state index contributed by atoms with van der Waals surface area (Å²) in [5, 5.41) is 4.31. The van der Waals surface area contributed by atoms with E-state index in [4.69, 9.17) is 5.73 Å². The lowest BCUT2D eigenvalue weighted by molar-refractivity contribution is 0.100. The van der Waals surface area contributed by atoms with Gasteiger partial charge in [-0.1, -0.05) is 26.0 Å². The average molecular weight is 392 g/mol. The summed E-state index contributed by atoms with van der Waals surface area (Å²) in [7, 11) is 4.15. The van der Waals surface area contributed by atoms with E-state index in [0.29, 0.717) is 11.5 Å². The van der Waals surface area contributed by atoms with Crippen molar-refractivity contribution in [2.24, 2.45) is 11.1 Å². The van der Waals surface area contributed by atoms with Crippen molar-refractivity contribution in [2.45, 2.75) is 20.8 Å². The molecule has 29 heavy (non-hydrogen) atoms. The number of carbonyl (C=O) groups excluding carboxylic acids is 1. The molecule has 0 saturated heterocycles. The lowest BCUT2D eigenvalue weighted by atomic mass is 9.93. The first-order chi connectivity index (χ1) is 13.6. The molecule has 0 radical (unpaired) electrons. The number of rotatable bonds is 7. The van der Waals surface area contributed by atoms with Crippen LogP contribution in [0.15, 0.2) is 42.6 Å². The van der Waals surface area contributed by atoms with Gasteiger partial charge in [-0.3, -0.25) is 4.79 Å². The van der Waals surface area contributed by atoms with E-state index >= 15 is 0 Å². The van der Waals surface area contributed by atoms with E-state index in [1.807, 2.05) is 43.5 Å². The number of carbonyl (C=O) groups is 1. The number of fused-ring (bicyclic) bond motifs is 1. The lowest BCUT2D eigenvalue weighted by Crippen LogP contribution is -2.34. The van der Waals surface area contributed by atoms with Gasteiger partial charge in [-0.05, 0) is 67.4 Å². The number of aromatic nitrogens is 2. The van der Waals surface area contributed by atoms with E-state index < -0.39 is 5.91 Å². The van der Waals surface area contributed by atoms with Crippen LogP contribution < -0.4 is 11.1 Å². The van der Waals surface area contributed by atoms with Crippen LogP contribution in [0.3, 0.4) is 0 Å². The number of nitrogens with two attached hydrogens (primary N) is 1. The zero-order valence-electron chi connectivity index (χ0n) is 17.8. The largest absolute Gasteiger partial charge is 0.366 e. The van der Waals surface area contributed by atoms with Crippen LogP contribution in [-0.2, 0) is 0 Å². The number of hydrogen-bond donors (Lipinski definition) is 2. The fourth-order valence-electron chi connectivity index (χ4n) is 3.60. The Bertz CT molecular complexity index is 1040. The topological polar surface area (TPSA) is 84.1 Å². The highest BCUT2D eigenvalue weighted by molar-refractivity contribution is 5.95. The van der Waals surface area contributed by atoms with Gasteiger partial charge < -0.3 is 16.0 Å². The summed E-state index contributed by atoms with van der Waals surface area (Å²) < 4.78 is 0. The fraction of sp³-hybridized carbons (Fsp3) is 0.348. The fourth-order valence-corrected chi connectivity index (χ4v) is 3.60. The first kappa shape index (κ1) is 20.7. The molecule has 0 aliphatic carbocycles. The number of aryl methyl sites for hydroxylation is 1. The first-order valence-corrected chi connectivity index (χ1v) is 9.71. The minimum absolute atomic E-state index is 0.106. The maximum atomic E-state index is 11.5. The molecule has 152 valence electrons. The molecule has 0 aliphatic heterocycles. The van der Waals surface area contributed by atoms with Crippen LogP contribution in [0, 0.1) is 12.3 Å². The Kier molecular flexibility index (Phi) is 5.84. The van der Waals surface area contributed by atoms with Gasteiger partial charge in [-0.25, -0.2) is 9.97 Å². The molecule has 6 nitrogen and oxygen atoms in total. The summed E-state index contributed by atoms with van der Waals surface area (Å²) in [6, 6.07) is 11.5. The van der Waals surface area contributed by atoms with Crippen LogP contribution in [0.1, 0.15) is 29.8 Å². The van der Waals surface area contributed by atoms with Crippen LogP contribution >= 0.6 is 0 Å². The lowest BCUT2D eigenvalue weighted by Gasteiger charge is -2.28. The molecule has 0 aliphatic rings. The molecule has 0 saturated carbocycles. The van der Waals surface area contributed by atoms with E-state index in [2.05, 4.69) is 48.1 Å². The van der Waals surface area contributed by atoms with Crippen molar-refractivity contribution in [1.29, 1.82) is 0 Å². The van der Waals surface area contributed by atoms with Crippen molar-refractivity contribution in [3.05, 3.63) is 53.7 Å². The van der Waals surface area contributed by atoms with Gasteiger partial charge in [0.1, 0.15) is 0 Å². The third-order valence-electron chi connectivity index (χ3n) is 4.88. The summed E-state index contributed by atoms with van der Waals surface area (Å²) in [5.41, 5.74) is 9.99. The molecule has 0 atom stereocenters. The Labute approximate surface area is 172 Å². The van der Waals surface area contributed by atoms with Crippen molar-refractivity contribution in [2.75, 3.05) is 32.5 Å². The second kappa shape index (κ2) is 8.17. The highest BCUT2D eigenvalue weighted by Crippen LogP contribution is 2.28. The van der Waals surface area contributed by atoms with Gasteiger partial charge in [-0.2, -0.15) is 0 Å². The molecule has 0 spiro atoms. The van der Waals surface area contributed by atoms with Crippen molar-refractivity contribution in [3.8, 4) is 11.1 Å². The number of anilines is 1. The number of benzene rings is 2. The number of amides is 1. The molecule has 0 unspecified atom stereocenters. The quantitative estimate of drug-likeness (QED) is 0.641. The molecule has 2 aromatic carbocycles. The molecule has 3 aromatic rings. The SMILES string of the molecule is Cc1ccc(C(N)=O)cc1-c1ccc2nc(NCC(C)(C)CN(C)C)ncc2c1. The van der Waals surface area contributed by atoms with Crippen molar-refractivity contribution in [3.63, 3.8) is 0 Å². The molecule has 1 aromatic heterocycles. The zero-order chi connectivity index (χ0) is 21.2. The summed E-state index contributed by atoms with van der Waals surface area (Å²) in [6.45, 7) is 8.21. The Balaban J connectivity index is 1.85. The van der Waals surface area contributed by atoms with E-state index in [9.17, 15) is 4.79 Å². The van der Waals surface area contributed by atoms with Crippen LogP contribution in [0.5, 0.6) is 0 Å². The summed E-state index contributed by atoms with van der Waals surface area (Å²) in [5.74, 6) is 0.201. The summed E-state index contributed by atoms with van der Waals surface area (Å²) >= 11 is 0. The maximum Gasteiger partial charge on any atom is 0.248 e. The number of primary amides is 1. The number of nitrogens with zero attached hydrogens (tertiary/aromatic N) is 3. The van der Waals surface area contributed by atoms with Crippen LogP contribution in [0.25, 0.3) is 22.0 Å². The van der Waals surface area contributed by atoms with Crippen LogP contribution in [0.4, 0.5) is 5.95 Å². The van der Waals surface area contributed by atoms with Crippen molar-refractivity contribution in [1.82, 2.24) is 14.9 Å². The third-order valence-corrected chi connectivity index (χ3v) is 4.88. The van der Waals surface area contributed by atoms with Crippen LogP contribution in [-0.4, -0.2) is 48.0 Å².